The van der Waals surface area contributed by atoms with E-state index in [0.29, 0.717) is 23.9 Å². The lowest BCUT2D eigenvalue weighted by Gasteiger charge is -2.26. The highest BCUT2D eigenvalue weighted by atomic mass is 31.2. The summed E-state index contributed by atoms with van der Waals surface area (Å²) in [6, 6.07) is -0.777. The van der Waals surface area contributed by atoms with E-state index in [2.05, 4.69) is 104 Å². The van der Waals surface area contributed by atoms with Gasteiger partial charge in [0.05, 0.1) is 39.9 Å². The number of allylic oxidation sites excluding steroid dienone is 14. The Hall–Kier alpha value is -2.32. The number of carbonyl (C=O) groups excluding carboxylic acids is 1. The highest BCUT2D eigenvalue weighted by Gasteiger charge is 2.28. The van der Waals surface area contributed by atoms with E-state index in [-0.39, 0.29) is 19.1 Å². The van der Waals surface area contributed by atoms with Crippen molar-refractivity contribution in [3.05, 3.63) is 85.1 Å². The van der Waals surface area contributed by atoms with Gasteiger partial charge in [0.25, 0.3) is 0 Å². The molecule has 382 valence electrons. The van der Waals surface area contributed by atoms with Crippen molar-refractivity contribution < 1.29 is 32.9 Å². The van der Waals surface area contributed by atoms with Gasteiger partial charge < -0.3 is 19.8 Å². The lowest BCUT2D eigenvalue weighted by Crippen LogP contribution is -2.46. The van der Waals surface area contributed by atoms with Crippen LogP contribution in [-0.2, 0) is 18.4 Å². The van der Waals surface area contributed by atoms with Gasteiger partial charge in [-0.15, -0.1) is 0 Å². The molecule has 0 aromatic heterocycles. The average molecular weight is 944 g/mol. The van der Waals surface area contributed by atoms with Crippen LogP contribution in [-0.4, -0.2) is 73.4 Å². The lowest BCUT2D eigenvalue weighted by atomic mass is 10.0. The average Bonchev–Trinajstić information content (AvgIpc) is 3.28. The van der Waals surface area contributed by atoms with E-state index in [9.17, 15) is 19.4 Å². The molecule has 8 nitrogen and oxygen atoms in total. The Bertz CT molecular complexity index is 1350. The molecule has 0 fully saturated rings. The fraction of sp³-hybridized carbons (Fsp3) is 0.737. The number of hydrogen-bond donors (Lipinski definition) is 3. The molecule has 1 amide bonds. The van der Waals surface area contributed by atoms with Crippen molar-refractivity contribution in [1.29, 1.82) is 0 Å². The number of unbranched alkanes of at least 4 members (excludes halogenated alkanes) is 21. The summed E-state index contributed by atoms with van der Waals surface area (Å²) >= 11 is 0. The van der Waals surface area contributed by atoms with Crippen LogP contribution >= 0.6 is 7.82 Å². The highest BCUT2D eigenvalue weighted by Crippen LogP contribution is 2.43. The van der Waals surface area contributed by atoms with Crippen molar-refractivity contribution in [2.75, 3.05) is 40.9 Å². The molecule has 3 atom stereocenters. The number of phosphoric ester groups is 1. The first-order valence-electron chi connectivity index (χ1n) is 27.0. The topological polar surface area (TPSA) is 105 Å². The highest BCUT2D eigenvalue weighted by molar-refractivity contribution is 7.47. The third-order valence-electron chi connectivity index (χ3n) is 11.7. The summed E-state index contributed by atoms with van der Waals surface area (Å²) in [4.78, 5) is 23.3. The number of aliphatic hydroxyl groups excluding tert-OH is 1. The van der Waals surface area contributed by atoms with Crippen LogP contribution in [0.15, 0.2) is 85.1 Å². The van der Waals surface area contributed by atoms with E-state index in [4.69, 9.17) is 9.05 Å². The molecule has 0 bridgehead atoms. The molecule has 0 rings (SSSR count). The van der Waals surface area contributed by atoms with Crippen LogP contribution in [0.4, 0.5) is 0 Å². The van der Waals surface area contributed by atoms with Crippen molar-refractivity contribution in [2.45, 2.75) is 231 Å². The molecule has 0 aromatic carbocycles. The molecule has 0 aliphatic carbocycles. The Kier molecular flexibility index (Phi) is 46.1. The van der Waals surface area contributed by atoms with Gasteiger partial charge in [0.1, 0.15) is 13.2 Å². The Morgan fingerprint density at radius 3 is 1.33 bits per heavy atom. The molecule has 0 aromatic rings. The third-order valence-corrected chi connectivity index (χ3v) is 12.6. The minimum Gasteiger partial charge on any atom is -0.391 e. The van der Waals surface area contributed by atoms with Gasteiger partial charge >= 0.3 is 7.82 Å². The smallest absolute Gasteiger partial charge is 0.391 e. The molecule has 0 aliphatic heterocycles. The summed E-state index contributed by atoms with van der Waals surface area (Å²) in [5.74, 6) is -0.166. The van der Waals surface area contributed by atoms with E-state index in [1.165, 1.54) is 89.9 Å². The maximum absolute atomic E-state index is 13.0. The second kappa shape index (κ2) is 47.7. The Morgan fingerprint density at radius 1 is 0.530 bits per heavy atom. The SMILES string of the molecule is CC/C=C\C/C=C\C/C=C\C/C=C\C/C=C\C/C=C\C/C=C\CCCCCCCC(=O)NC(COP(=O)(O)OCC[N+](C)(C)C)C(O)CCCCCCCCCCCCCCCCCCC. The monoisotopic (exact) mass is 944 g/mol. The molecule has 0 spiro atoms. The number of nitrogens with one attached hydrogen (secondary N) is 1. The van der Waals surface area contributed by atoms with E-state index < -0.39 is 20.0 Å². The van der Waals surface area contributed by atoms with Crippen molar-refractivity contribution in [1.82, 2.24) is 5.32 Å². The first-order chi connectivity index (χ1) is 32.0. The minimum atomic E-state index is -4.33. The van der Waals surface area contributed by atoms with Crippen LogP contribution in [0, 0.1) is 0 Å². The van der Waals surface area contributed by atoms with Crippen LogP contribution < -0.4 is 5.32 Å². The van der Waals surface area contributed by atoms with Crippen molar-refractivity contribution in [3.8, 4) is 0 Å². The Morgan fingerprint density at radius 2 is 0.909 bits per heavy atom. The summed E-state index contributed by atoms with van der Waals surface area (Å²) in [6.07, 6.45) is 66.2. The third kappa shape index (κ3) is 49.6. The number of rotatable bonds is 48. The number of nitrogens with zero attached hydrogens (tertiary/aromatic N) is 1. The molecule has 3 unspecified atom stereocenters. The van der Waals surface area contributed by atoms with Crippen molar-refractivity contribution in [2.24, 2.45) is 0 Å². The minimum absolute atomic E-state index is 0.0662. The van der Waals surface area contributed by atoms with Crippen LogP contribution in [0.25, 0.3) is 0 Å². The zero-order chi connectivity index (χ0) is 48.5. The second-order valence-electron chi connectivity index (χ2n) is 19.2. The van der Waals surface area contributed by atoms with E-state index in [0.717, 1.165) is 103 Å². The predicted molar refractivity (Wildman–Crippen MR) is 286 cm³/mol. The Labute approximate surface area is 407 Å². The van der Waals surface area contributed by atoms with Gasteiger partial charge in [0.2, 0.25) is 5.91 Å². The summed E-state index contributed by atoms with van der Waals surface area (Å²) in [6.45, 7) is 4.76. The number of likely N-dealkylation sites (N-methyl/N-ethyl adjacent to an activating group) is 1. The maximum Gasteiger partial charge on any atom is 0.472 e. The number of aliphatic hydroxyl groups is 1. The zero-order valence-electron chi connectivity index (χ0n) is 43.4. The number of hydrogen-bond acceptors (Lipinski definition) is 5. The maximum atomic E-state index is 13.0. The van der Waals surface area contributed by atoms with Gasteiger partial charge in [-0.2, -0.15) is 0 Å². The molecular weight excluding hydrogens is 840 g/mol. The molecule has 0 aliphatic rings. The Balaban J connectivity index is 4.30. The van der Waals surface area contributed by atoms with Gasteiger partial charge in [0.15, 0.2) is 0 Å². The molecule has 0 saturated carbocycles. The molecular formula is C57H104N2O6P+. The van der Waals surface area contributed by atoms with Crippen LogP contribution in [0.1, 0.15) is 219 Å². The van der Waals surface area contributed by atoms with E-state index in [1.807, 2.05) is 21.1 Å². The van der Waals surface area contributed by atoms with Gasteiger partial charge in [-0.3, -0.25) is 13.8 Å². The molecule has 9 heteroatoms. The molecule has 0 heterocycles. The summed E-state index contributed by atoms with van der Waals surface area (Å²) in [5.41, 5.74) is 0. The number of carbonyl (C=O) groups is 1. The first-order valence-corrected chi connectivity index (χ1v) is 28.4. The second-order valence-corrected chi connectivity index (χ2v) is 20.7. The fourth-order valence-electron chi connectivity index (χ4n) is 7.44. The molecule has 66 heavy (non-hydrogen) atoms. The van der Waals surface area contributed by atoms with Gasteiger partial charge in [-0.05, 0) is 70.6 Å². The molecule has 3 N–H and O–H groups in total. The van der Waals surface area contributed by atoms with Gasteiger partial charge in [-0.25, -0.2) is 4.57 Å². The van der Waals surface area contributed by atoms with Crippen molar-refractivity contribution >= 4 is 13.7 Å². The fourth-order valence-corrected chi connectivity index (χ4v) is 8.17. The zero-order valence-corrected chi connectivity index (χ0v) is 44.3. The number of quaternary nitrogens is 1. The van der Waals surface area contributed by atoms with Crippen molar-refractivity contribution in [3.63, 3.8) is 0 Å². The molecule has 0 radical (unpaired) electrons. The summed E-state index contributed by atoms with van der Waals surface area (Å²) in [7, 11) is 1.59. The number of phosphoric acid groups is 1. The predicted octanol–water partition coefficient (Wildman–Crippen LogP) is 16.1. The normalized spacial score (nSPS) is 14.7. The largest absolute Gasteiger partial charge is 0.472 e. The van der Waals surface area contributed by atoms with Gasteiger partial charge in [-0.1, -0.05) is 227 Å². The number of amides is 1. The summed E-state index contributed by atoms with van der Waals surface area (Å²) < 4.78 is 23.7. The lowest BCUT2D eigenvalue weighted by molar-refractivity contribution is -0.870. The van der Waals surface area contributed by atoms with E-state index in [1.54, 1.807) is 0 Å². The van der Waals surface area contributed by atoms with Crippen LogP contribution in [0.2, 0.25) is 0 Å². The molecule has 0 saturated heterocycles. The standard InChI is InChI=1S/C57H103N2O6P/c1-6-8-10-12-14-16-18-20-22-24-25-26-27-28-29-30-31-32-33-35-37-39-41-43-45-47-49-51-57(61)58-55(54-65-66(62,63)64-53-52-59(3,4)5)56(60)50-48-46-44-42-40-38-36-34-23-21-19-17-15-13-11-9-7-2/h8,10,14,16,20,22,25-26,28-29,31-32,35,37,55-56,60H,6-7,9,11-13,15,17-19,21,23-24,27,30,33-34,36,38-54H2,1-5H3,(H-,58,61,62,63)/p+1/b10-8-,16-14-,22-20-,26-25-,29-28-,32-31-,37-35-. The first kappa shape index (κ1) is 63.7. The van der Waals surface area contributed by atoms with Crippen LogP contribution in [0.5, 0.6) is 0 Å². The summed E-state index contributed by atoms with van der Waals surface area (Å²) in [5, 5.41) is 14.0. The quantitative estimate of drug-likeness (QED) is 0.0243. The van der Waals surface area contributed by atoms with E-state index >= 15 is 0 Å². The van der Waals surface area contributed by atoms with Crippen LogP contribution in [0.3, 0.4) is 0 Å². The van der Waals surface area contributed by atoms with Gasteiger partial charge in [0, 0.05) is 6.42 Å².